The summed E-state index contributed by atoms with van der Waals surface area (Å²) in [4.78, 5) is 0. The van der Waals surface area contributed by atoms with Crippen LogP contribution >= 0.6 is 0 Å². The first kappa shape index (κ1) is 5.49. The number of nitrogens with one attached hydrogen (secondary N) is 1. The molecule has 0 aromatic heterocycles. The largest absolute Gasteiger partial charge is 0.404 e. The van der Waals surface area contributed by atoms with Gasteiger partial charge in [-0.3, -0.25) is 0 Å². The van der Waals surface area contributed by atoms with E-state index in [1.165, 1.54) is 13.0 Å². The molecule has 0 aromatic rings. The molecular formula is C3H14AlN. The van der Waals surface area contributed by atoms with Gasteiger partial charge in [0.05, 0.1) is 0 Å². The summed E-state index contributed by atoms with van der Waals surface area (Å²) in [6, 6.07) is 0. The highest BCUT2D eigenvalue weighted by atomic mass is 27.1. The number of hydrogen-bond donors (Lipinski definition) is 1. The van der Waals surface area contributed by atoms with E-state index in [1.54, 1.807) is 0 Å². The molecule has 0 heterocycles. The lowest BCUT2D eigenvalue weighted by Crippen LogP contribution is -2.07. The Kier molecular flexibility index (Phi) is 4.93. The SMILES string of the molecule is CCC[NH][AlH2].[HH].[HH]. The van der Waals surface area contributed by atoms with E-state index < -0.39 is 0 Å². The number of hydrogen-bond acceptors (Lipinski definition) is 1. The van der Waals surface area contributed by atoms with Gasteiger partial charge in [0.15, 0.2) is 0 Å². The highest BCUT2D eigenvalue weighted by Gasteiger charge is 1.65. The van der Waals surface area contributed by atoms with E-state index >= 15 is 0 Å². The van der Waals surface area contributed by atoms with Gasteiger partial charge in [-0.15, -0.1) is 0 Å². The van der Waals surface area contributed by atoms with Crippen molar-refractivity contribution in [2.24, 2.45) is 0 Å². The molecule has 0 bridgehead atoms. The maximum Gasteiger partial charge on any atom is 0.318 e. The molecule has 0 aromatic carbocycles. The molecule has 5 heavy (non-hydrogen) atoms. The van der Waals surface area contributed by atoms with Crippen LogP contribution in [0.5, 0.6) is 0 Å². The van der Waals surface area contributed by atoms with Gasteiger partial charge >= 0.3 is 16.5 Å². The molecule has 0 saturated heterocycles. The van der Waals surface area contributed by atoms with Gasteiger partial charge in [-0.2, -0.15) is 0 Å². The Morgan fingerprint density at radius 1 is 2.00 bits per heavy atom. The van der Waals surface area contributed by atoms with E-state index in [4.69, 9.17) is 0 Å². The van der Waals surface area contributed by atoms with Crippen molar-refractivity contribution >= 4 is 16.5 Å². The van der Waals surface area contributed by atoms with E-state index in [-0.39, 0.29) is 2.85 Å². The van der Waals surface area contributed by atoms with Crippen LogP contribution in [0, 0.1) is 0 Å². The Morgan fingerprint density at radius 3 is 2.60 bits per heavy atom. The molecule has 0 aliphatic carbocycles. The van der Waals surface area contributed by atoms with Crippen LogP contribution in [0.1, 0.15) is 16.2 Å². The molecule has 0 aliphatic rings. The first-order chi connectivity index (χ1) is 2.41. The molecule has 0 unspecified atom stereocenters. The molecule has 0 saturated carbocycles. The topological polar surface area (TPSA) is 12.0 Å². The predicted molar refractivity (Wildman–Crippen MR) is 31.1 cm³/mol. The van der Waals surface area contributed by atoms with Crippen LogP contribution in [0.2, 0.25) is 0 Å². The molecule has 0 rings (SSSR count). The van der Waals surface area contributed by atoms with Crippen molar-refractivity contribution in [3.05, 3.63) is 0 Å². The maximum atomic E-state index is 3.16. The molecule has 2 heteroatoms. The molecule has 1 nitrogen and oxygen atoms in total. The van der Waals surface area contributed by atoms with Gasteiger partial charge in [-0.05, 0) is 13.0 Å². The Morgan fingerprint density at radius 2 is 2.60 bits per heavy atom. The molecule has 1 N–H and O–H groups in total. The smallest absolute Gasteiger partial charge is 0.318 e. The summed E-state index contributed by atoms with van der Waals surface area (Å²) in [6.45, 7) is 3.37. The summed E-state index contributed by atoms with van der Waals surface area (Å²) in [5, 5.41) is 0. The summed E-state index contributed by atoms with van der Waals surface area (Å²) in [5.41, 5.74) is 0. The summed E-state index contributed by atoms with van der Waals surface area (Å²) >= 11 is 1.15. The molecule has 0 fully saturated rings. The van der Waals surface area contributed by atoms with Crippen LogP contribution in [0.3, 0.4) is 0 Å². The molecule has 0 amide bonds. The Balaban J connectivity index is -0.0000000800. The molecule has 0 aliphatic heterocycles. The van der Waals surface area contributed by atoms with Gasteiger partial charge in [0, 0.05) is 2.85 Å². The van der Waals surface area contributed by atoms with Crippen molar-refractivity contribution in [3.8, 4) is 0 Å². The van der Waals surface area contributed by atoms with E-state index in [1.807, 2.05) is 0 Å². The molecule has 0 atom stereocenters. The van der Waals surface area contributed by atoms with Crippen molar-refractivity contribution in [2.45, 2.75) is 13.3 Å². The van der Waals surface area contributed by atoms with Gasteiger partial charge in [-0.25, -0.2) is 0 Å². The third-order valence-corrected chi connectivity index (χ3v) is 1.000. The van der Waals surface area contributed by atoms with Crippen LogP contribution in [0.15, 0.2) is 0 Å². The van der Waals surface area contributed by atoms with E-state index in [9.17, 15) is 0 Å². The van der Waals surface area contributed by atoms with Gasteiger partial charge < -0.3 is 4.30 Å². The second-order valence-corrected chi connectivity index (χ2v) is 1.81. The minimum Gasteiger partial charge on any atom is -0.404 e. The van der Waals surface area contributed by atoms with Crippen LogP contribution in [0.4, 0.5) is 0 Å². The Labute approximate surface area is 44.4 Å². The van der Waals surface area contributed by atoms with E-state index in [0.29, 0.717) is 0 Å². The lowest BCUT2D eigenvalue weighted by molar-refractivity contribution is 0.868. The normalized spacial score (nSPS) is 8.20. The van der Waals surface area contributed by atoms with Gasteiger partial charge in [0.25, 0.3) is 0 Å². The Bertz CT molecular complexity index is 20.4. The van der Waals surface area contributed by atoms with E-state index in [0.717, 1.165) is 16.5 Å². The number of rotatable bonds is 2. The second kappa shape index (κ2) is 4.49. The van der Waals surface area contributed by atoms with Crippen molar-refractivity contribution in [1.29, 1.82) is 0 Å². The lowest BCUT2D eigenvalue weighted by atomic mass is 10.5. The molecular weight excluding hydrogens is 77.0 g/mol. The third-order valence-electron chi connectivity index (χ3n) is 0.500. The van der Waals surface area contributed by atoms with Crippen LogP contribution in [-0.4, -0.2) is 23.1 Å². The second-order valence-electron chi connectivity index (χ2n) is 1.10. The maximum absolute atomic E-state index is 3.16. The fourth-order valence-electron chi connectivity index (χ4n) is 0.250. The lowest BCUT2D eigenvalue weighted by Gasteiger charge is -1.85. The standard InChI is InChI=1S/C3H8N.Al.2H2.2H/c1-2-3-4;;;;;/h4H,2-3H2,1H3;;2*1H;;/q-1;+1;;;;. The van der Waals surface area contributed by atoms with Crippen LogP contribution < -0.4 is 4.30 Å². The monoisotopic (exact) mass is 91.1 g/mol. The highest BCUT2D eigenvalue weighted by Crippen LogP contribution is 1.61. The fraction of sp³-hybridized carbons (Fsp3) is 1.00. The van der Waals surface area contributed by atoms with Gasteiger partial charge in [-0.1, -0.05) is 6.92 Å². The van der Waals surface area contributed by atoms with Crippen molar-refractivity contribution in [2.75, 3.05) is 6.54 Å². The van der Waals surface area contributed by atoms with Crippen molar-refractivity contribution in [1.82, 2.24) is 4.30 Å². The predicted octanol–water partition coefficient (Wildman–Crippen LogP) is 0.0261. The first-order valence-electron chi connectivity index (χ1n) is 2.06. The van der Waals surface area contributed by atoms with Gasteiger partial charge in [0.2, 0.25) is 0 Å². The third kappa shape index (κ3) is 4.49. The fourth-order valence-corrected chi connectivity index (χ4v) is 0.750. The highest BCUT2D eigenvalue weighted by molar-refractivity contribution is 6.04. The minimum absolute atomic E-state index is 0. The van der Waals surface area contributed by atoms with Crippen LogP contribution in [0.25, 0.3) is 0 Å². The van der Waals surface area contributed by atoms with Gasteiger partial charge in [0.1, 0.15) is 0 Å². The zero-order valence-corrected chi connectivity index (χ0v) is 5.91. The summed E-state index contributed by atoms with van der Waals surface area (Å²) in [5.74, 6) is 0. The van der Waals surface area contributed by atoms with E-state index in [2.05, 4.69) is 11.2 Å². The zero-order valence-electron chi connectivity index (χ0n) is 3.91. The molecule has 0 spiro atoms. The average Bonchev–Trinajstić information content (AvgIpc) is 1.41. The molecule has 0 radical (unpaired) electrons. The first-order valence-corrected chi connectivity index (χ1v) is 3.06. The summed E-state index contributed by atoms with van der Waals surface area (Å²) in [7, 11) is 0. The van der Waals surface area contributed by atoms with Crippen molar-refractivity contribution in [3.63, 3.8) is 0 Å². The zero-order chi connectivity index (χ0) is 4.12. The van der Waals surface area contributed by atoms with Crippen LogP contribution in [-0.2, 0) is 0 Å². The quantitative estimate of drug-likeness (QED) is 0.473. The van der Waals surface area contributed by atoms with Crippen molar-refractivity contribution < 1.29 is 2.85 Å². The summed E-state index contributed by atoms with van der Waals surface area (Å²) in [6.07, 6.45) is 1.27. The summed E-state index contributed by atoms with van der Waals surface area (Å²) < 4.78 is 3.16. The Hall–Kier alpha value is 0.492. The molecule has 34 valence electrons. The average molecular weight is 91.1 g/mol. The minimum atomic E-state index is 0.